The van der Waals surface area contributed by atoms with Gasteiger partial charge in [0.15, 0.2) is 0 Å². The van der Waals surface area contributed by atoms with Gasteiger partial charge in [-0.25, -0.2) is 0 Å². The first-order valence-electron chi connectivity index (χ1n) is 4.20. The van der Waals surface area contributed by atoms with Crippen LogP contribution in [-0.4, -0.2) is 8.41 Å². The molecule has 0 N–H and O–H groups in total. The fraction of sp³-hybridized carbons (Fsp3) is 0.0909. The Hall–Kier alpha value is -1.15. The molecule has 0 radical (unpaired) electrons. The maximum absolute atomic E-state index is 13.8. The summed E-state index contributed by atoms with van der Waals surface area (Å²) < 4.78 is 13.8. The van der Waals surface area contributed by atoms with Gasteiger partial charge in [0.25, 0.3) is 8.41 Å². The standard InChI is InChI=1S/C11H13FSi/c1-3-13(12,4-2)10-11-8-6-5-7-9-11/h3-9H,1-2,10H2. The van der Waals surface area contributed by atoms with Gasteiger partial charge in [-0.3, -0.25) is 0 Å². The van der Waals surface area contributed by atoms with Crippen LogP contribution in [0.5, 0.6) is 0 Å². The van der Waals surface area contributed by atoms with Gasteiger partial charge in [0, 0.05) is 6.04 Å². The average molecular weight is 192 g/mol. The summed E-state index contributed by atoms with van der Waals surface area (Å²) in [6.07, 6.45) is 0. The zero-order valence-electron chi connectivity index (χ0n) is 7.54. The van der Waals surface area contributed by atoms with Crippen LogP contribution in [-0.2, 0) is 6.04 Å². The van der Waals surface area contributed by atoms with Crippen LogP contribution < -0.4 is 0 Å². The zero-order chi connectivity index (χ0) is 9.73. The van der Waals surface area contributed by atoms with Gasteiger partial charge < -0.3 is 4.11 Å². The highest BCUT2D eigenvalue weighted by molar-refractivity contribution is 6.82. The van der Waals surface area contributed by atoms with Crippen molar-refractivity contribution in [2.24, 2.45) is 0 Å². The van der Waals surface area contributed by atoms with E-state index in [1.54, 1.807) is 0 Å². The molecule has 0 saturated carbocycles. The molecule has 0 aliphatic carbocycles. The Labute approximate surface area is 79.6 Å². The van der Waals surface area contributed by atoms with E-state index in [2.05, 4.69) is 13.2 Å². The summed E-state index contributed by atoms with van der Waals surface area (Å²) in [5.74, 6) is 0. The molecule has 0 heterocycles. The fourth-order valence-corrected chi connectivity index (χ4v) is 2.45. The highest BCUT2D eigenvalue weighted by atomic mass is 28.4. The molecular formula is C11H13FSi. The van der Waals surface area contributed by atoms with Crippen molar-refractivity contribution in [2.45, 2.75) is 6.04 Å². The van der Waals surface area contributed by atoms with Crippen molar-refractivity contribution < 1.29 is 4.11 Å². The van der Waals surface area contributed by atoms with E-state index in [1.165, 1.54) is 11.4 Å². The van der Waals surface area contributed by atoms with E-state index in [-0.39, 0.29) is 0 Å². The quantitative estimate of drug-likeness (QED) is 0.508. The monoisotopic (exact) mass is 192 g/mol. The Morgan fingerprint density at radius 2 is 1.69 bits per heavy atom. The van der Waals surface area contributed by atoms with Gasteiger partial charge in [0.2, 0.25) is 0 Å². The molecule has 0 saturated heterocycles. The Morgan fingerprint density at radius 3 is 2.15 bits per heavy atom. The normalized spacial score (nSPS) is 10.8. The molecule has 0 aromatic heterocycles. The predicted octanol–water partition coefficient (Wildman–Crippen LogP) is 3.13. The number of benzene rings is 1. The summed E-state index contributed by atoms with van der Waals surface area (Å²) >= 11 is 0. The second-order valence-corrected chi connectivity index (χ2v) is 6.02. The lowest BCUT2D eigenvalue weighted by Crippen LogP contribution is -2.26. The van der Waals surface area contributed by atoms with Crippen molar-refractivity contribution in [3.05, 3.63) is 60.5 Å². The Balaban J connectivity index is 2.79. The molecule has 2 heteroatoms. The lowest BCUT2D eigenvalue weighted by Gasteiger charge is -2.12. The number of hydrogen-bond donors (Lipinski definition) is 0. The molecule has 0 fully saturated rings. The second-order valence-electron chi connectivity index (χ2n) is 3.00. The van der Waals surface area contributed by atoms with Crippen LogP contribution >= 0.6 is 0 Å². The van der Waals surface area contributed by atoms with Crippen molar-refractivity contribution in [1.29, 1.82) is 0 Å². The van der Waals surface area contributed by atoms with E-state index < -0.39 is 8.41 Å². The van der Waals surface area contributed by atoms with Crippen LogP contribution in [0.15, 0.2) is 54.9 Å². The molecule has 1 rings (SSSR count). The molecule has 0 atom stereocenters. The lowest BCUT2D eigenvalue weighted by molar-refractivity contribution is 0.808. The summed E-state index contributed by atoms with van der Waals surface area (Å²) in [6.45, 7) is 7.03. The van der Waals surface area contributed by atoms with Gasteiger partial charge in [-0.05, 0) is 5.56 Å². The van der Waals surface area contributed by atoms with E-state index in [9.17, 15) is 4.11 Å². The van der Waals surface area contributed by atoms with Gasteiger partial charge in [-0.2, -0.15) is 0 Å². The van der Waals surface area contributed by atoms with E-state index in [4.69, 9.17) is 0 Å². The molecule has 0 amide bonds. The molecule has 0 unspecified atom stereocenters. The predicted molar refractivity (Wildman–Crippen MR) is 57.4 cm³/mol. The molecule has 1 aromatic carbocycles. The molecule has 0 aliphatic heterocycles. The maximum Gasteiger partial charge on any atom is 0.297 e. The Bertz CT molecular complexity index is 284. The largest absolute Gasteiger partial charge is 0.303 e. The molecule has 68 valence electrons. The molecule has 1 aromatic rings. The first-order valence-corrected chi connectivity index (χ1v) is 6.44. The van der Waals surface area contributed by atoms with Gasteiger partial charge in [0.05, 0.1) is 0 Å². The van der Waals surface area contributed by atoms with Gasteiger partial charge >= 0.3 is 0 Å². The zero-order valence-corrected chi connectivity index (χ0v) is 8.54. The smallest absolute Gasteiger partial charge is 0.297 e. The van der Waals surface area contributed by atoms with Crippen molar-refractivity contribution in [3.8, 4) is 0 Å². The lowest BCUT2D eigenvalue weighted by atomic mass is 10.2. The van der Waals surface area contributed by atoms with Crippen molar-refractivity contribution in [1.82, 2.24) is 0 Å². The third-order valence-electron chi connectivity index (χ3n) is 2.00. The summed E-state index contributed by atoms with van der Waals surface area (Å²) in [5.41, 5.74) is 3.86. The minimum atomic E-state index is -2.91. The van der Waals surface area contributed by atoms with Crippen LogP contribution in [0, 0.1) is 0 Å². The summed E-state index contributed by atoms with van der Waals surface area (Å²) in [4.78, 5) is 0. The van der Waals surface area contributed by atoms with Crippen LogP contribution in [0.1, 0.15) is 5.56 Å². The van der Waals surface area contributed by atoms with Crippen LogP contribution in [0.4, 0.5) is 4.11 Å². The molecule has 0 bridgehead atoms. The second kappa shape index (κ2) is 4.19. The number of halogens is 1. The summed E-state index contributed by atoms with van der Waals surface area (Å²) in [7, 11) is -2.91. The first-order chi connectivity index (χ1) is 6.20. The third kappa shape index (κ3) is 2.67. The summed E-state index contributed by atoms with van der Waals surface area (Å²) in [6, 6.07) is 10.0. The molecule has 0 nitrogen and oxygen atoms in total. The van der Waals surface area contributed by atoms with Crippen molar-refractivity contribution >= 4 is 8.41 Å². The minimum absolute atomic E-state index is 0.445. The van der Waals surface area contributed by atoms with E-state index in [0.717, 1.165) is 5.56 Å². The van der Waals surface area contributed by atoms with Crippen LogP contribution in [0.25, 0.3) is 0 Å². The summed E-state index contributed by atoms with van der Waals surface area (Å²) in [5, 5.41) is 0. The Kier molecular flexibility index (Phi) is 3.20. The first kappa shape index (κ1) is 9.93. The fourth-order valence-electron chi connectivity index (χ4n) is 1.14. The molecule has 0 spiro atoms. The van der Waals surface area contributed by atoms with Gasteiger partial charge in [-0.1, -0.05) is 41.7 Å². The maximum atomic E-state index is 13.8. The molecule has 13 heavy (non-hydrogen) atoms. The molecule has 0 aliphatic rings. The topological polar surface area (TPSA) is 0 Å². The van der Waals surface area contributed by atoms with E-state index in [0.29, 0.717) is 6.04 Å². The van der Waals surface area contributed by atoms with E-state index >= 15 is 0 Å². The van der Waals surface area contributed by atoms with Gasteiger partial charge in [0.1, 0.15) is 0 Å². The minimum Gasteiger partial charge on any atom is -0.303 e. The average Bonchev–Trinajstić information content (AvgIpc) is 2.19. The Morgan fingerprint density at radius 1 is 1.15 bits per heavy atom. The van der Waals surface area contributed by atoms with Crippen molar-refractivity contribution in [2.75, 3.05) is 0 Å². The molecular weight excluding hydrogens is 179 g/mol. The van der Waals surface area contributed by atoms with Crippen molar-refractivity contribution in [3.63, 3.8) is 0 Å². The van der Waals surface area contributed by atoms with E-state index in [1.807, 2.05) is 30.3 Å². The number of hydrogen-bond acceptors (Lipinski definition) is 0. The third-order valence-corrected chi connectivity index (χ3v) is 4.30. The van der Waals surface area contributed by atoms with Gasteiger partial charge in [-0.15, -0.1) is 13.2 Å². The van der Waals surface area contributed by atoms with Crippen LogP contribution in [0.2, 0.25) is 0 Å². The SMILES string of the molecule is C=C[Si](F)(C=C)Cc1ccccc1. The van der Waals surface area contributed by atoms with Crippen LogP contribution in [0.3, 0.4) is 0 Å². The number of rotatable bonds is 4. The highest BCUT2D eigenvalue weighted by Crippen LogP contribution is 2.15. The highest BCUT2D eigenvalue weighted by Gasteiger charge is 2.26.